The van der Waals surface area contributed by atoms with E-state index in [1.54, 1.807) is 0 Å². The van der Waals surface area contributed by atoms with Crippen LogP contribution in [0.15, 0.2) is 17.1 Å². The van der Waals surface area contributed by atoms with Gasteiger partial charge in [0.05, 0.1) is 19.4 Å². The Kier molecular flexibility index (Phi) is 6.70. The van der Waals surface area contributed by atoms with Crippen molar-refractivity contribution in [2.45, 2.75) is 37.8 Å². The number of amides is 2. The van der Waals surface area contributed by atoms with Gasteiger partial charge in [-0.15, -0.1) is 23.2 Å². The van der Waals surface area contributed by atoms with E-state index in [1.165, 1.54) is 30.7 Å². The largest absolute Gasteiger partial charge is 0.503 e. The molecule has 0 saturated heterocycles. The summed E-state index contributed by atoms with van der Waals surface area (Å²) in [4.78, 5) is 34.4. The van der Waals surface area contributed by atoms with Crippen LogP contribution in [-0.4, -0.2) is 32.2 Å². The summed E-state index contributed by atoms with van der Waals surface area (Å²) in [7, 11) is 0. The molecule has 0 bridgehead atoms. The number of aromatic hydroxyl groups is 1. The van der Waals surface area contributed by atoms with Crippen LogP contribution in [0.25, 0.3) is 0 Å². The number of hydrogen-bond acceptors (Lipinski definition) is 4. The number of halogens is 2. The van der Waals surface area contributed by atoms with Crippen LogP contribution in [-0.2, 0) is 22.8 Å². The third-order valence-electron chi connectivity index (χ3n) is 2.79. The first-order chi connectivity index (χ1) is 10.2. The van der Waals surface area contributed by atoms with Gasteiger partial charge in [0.1, 0.15) is 10.8 Å². The summed E-state index contributed by atoms with van der Waals surface area (Å²) < 4.78 is 1.42. The van der Waals surface area contributed by atoms with Gasteiger partial charge < -0.3 is 20.3 Å². The number of nitrogens with zero attached hydrogens (tertiary/aromatic N) is 1. The predicted octanol–water partition coefficient (Wildman–Crippen LogP) is 0.498. The van der Waals surface area contributed by atoms with Crippen LogP contribution >= 0.6 is 23.2 Å². The molecular weight excluding hydrogens is 333 g/mol. The molecular formula is C13H17Cl2N3O4. The van der Waals surface area contributed by atoms with Crippen LogP contribution in [0.4, 0.5) is 0 Å². The standard InChI is InChI=1S/C13H17Cl2N3O4/c1-7(14)12(21)16-4-9-3-10(19)11(20)5-18(9)6-17-13(22)8(2)15/h3,5,7-8,20H,4,6H2,1-2H3,(H,16,21)(H,17,22). The highest BCUT2D eigenvalue weighted by Gasteiger charge is 2.13. The number of nitrogens with one attached hydrogen (secondary N) is 2. The molecule has 9 heteroatoms. The van der Waals surface area contributed by atoms with E-state index in [-0.39, 0.29) is 13.2 Å². The van der Waals surface area contributed by atoms with E-state index in [9.17, 15) is 19.5 Å². The fourth-order valence-corrected chi connectivity index (χ4v) is 1.68. The summed E-state index contributed by atoms with van der Waals surface area (Å²) >= 11 is 11.3. The molecule has 2 amide bonds. The van der Waals surface area contributed by atoms with Gasteiger partial charge in [-0.05, 0) is 13.8 Å². The van der Waals surface area contributed by atoms with E-state index >= 15 is 0 Å². The highest BCUT2D eigenvalue weighted by molar-refractivity contribution is 6.30. The van der Waals surface area contributed by atoms with E-state index < -0.39 is 33.7 Å². The summed E-state index contributed by atoms with van der Waals surface area (Å²) in [6.07, 6.45) is 1.17. The number of alkyl halides is 2. The quantitative estimate of drug-likeness (QED) is 0.651. The van der Waals surface area contributed by atoms with Crippen LogP contribution in [0.2, 0.25) is 0 Å². The number of carbonyl (C=O) groups excluding carboxylic acids is 2. The number of rotatable bonds is 6. The second-order valence-corrected chi connectivity index (χ2v) is 5.94. The number of hydrogen-bond donors (Lipinski definition) is 3. The lowest BCUT2D eigenvalue weighted by Gasteiger charge is -2.16. The van der Waals surface area contributed by atoms with Crippen molar-refractivity contribution in [3.05, 3.63) is 28.2 Å². The first-order valence-corrected chi connectivity index (χ1v) is 7.35. The minimum absolute atomic E-state index is 0.00857. The number of pyridine rings is 1. The van der Waals surface area contributed by atoms with Gasteiger partial charge in [0.2, 0.25) is 17.2 Å². The third-order valence-corrected chi connectivity index (χ3v) is 3.18. The Bertz CT molecular complexity index is 614. The number of aromatic nitrogens is 1. The summed E-state index contributed by atoms with van der Waals surface area (Å²) in [5, 5.41) is 13.1. The molecule has 1 rings (SSSR count). The first-order valence-electron chi connectivity index (χ1n) is 6.48. The smallest absolute Gasteiger partial charge is 0.239 e. The van der Waals surface area contributed by atoms with Gasteiger partial charge in [-0.1, -0.05) is 0 Å². The fourth-order valence-electron chi connectivity index (χ4n) is 1.52. The maximum absolute atomic E-state index is 11.5. The van der Waals surface area contributed by atoms with E-state index in [1.807, 2.05) is 0 Å². The Labute approximate surface area is 137 Å². The zero-order valence-corrected chi connectivity index (χ0v) is 13.6. The molecule has 0 fully saturated rings. The minimum atomic E-state index is -0.715. The van der Waals surface area contributed by atoms with Crippen molar-refractivity contribution in [1.29, 1.82) is 0 Å². The molecule has 22 heavy (non-hydrogen) atoms. The van der Waals surface area contributed by atoms with Gasteiger partial charge in [0.15, 0.2) is 5.75 Å². The monoisotopic (exact) mass is 349 g/mol. The zero-order valence-electron chi connectivity index (χ0n) is 12.1. The van der Waals surface area contributed by atoms with E-state index in [0.717, 1.165) is 0 Å². The molecule has 1 heterocycles. The lowest BCUT2D eigenvalue weighted by Crippen LogP contribution is -2.34. The maximum Gasteiger partial charge on any atom is 0.239 e. The van der Waals surface area contributed by atoms with E-state index in [4.69, 9.17) is 23.2 Å². The second kappa shape index (κ2) is 8.05. The molecule has 2 atom stereocenters. The molecule has 0 aliphatic heterocycles. The van der Waals surface area contributed by atoms with Crippen molar-refractivity contribution in [2.24, 2.45) is 0 Å². The molecule has 0 aliphatic rings. The van der Waals surface area contributed by atoms with Crippen LogP contribution < -0.4 is 16.1 Å². The Morgan fingerprint density at radius 1 is 1.23 bits per heavy atom. The van der Waals surface area contributed by atoms with Crippen molar-refractivity contribution in [3.63, 3.8) is 0 Å². The molecule has 0 aliphatic carbocycles. The van der Waals surface area contributed by atoms with Crippen LogP contribution in [0, 0.1) is 0 Å². The molecule has 3 N–H and O–H groups in total. The average molecular weight is 350 g/mol. The van der Waals surface area contributed by atoms with E-state index in [0.29, 0.717) is 5.69 Å². The lowest BCUT2D eigenvalue weighted by molar-refractivity contribution is -0.121. The highest BCUT2D eigenvalue weighted by Crippen LogP contribution is 2.05. The summed E-state index contributed by atoms with van der Waals surface area (Å²) in [6, 6.07) is 1.17. The van der Waals surface area contributed by atoms with Crippen LogP contribution in [0.5, 0.6) is 5.75 Å². The molecule has 0 spiro atoms. The Balaban J connectivity index is 2.90. The Morgan fingerprint density at radius 3 is 2.32 bits per heavy atom. The predicted molar refractivity (Wildman–Crippen MR) is 83.0 cm³/mol. The fraction of sp³-hybridized carbons (Fsp3) is 0.462. The molecule has 122 valence electrons. The maximum atomic E-state index is 11.5. The second-order valence-electron chi connectivity index (χ2n) is 4.63. The molecule has 0 saturated carbocycles. The van der Waals surface area contributed by atoms with E-state index in [2.05, 4.69) is 10.6 Å². The summed E-state index contributed by atoms with van der Waals surface area (Å²) in [6.45, 7) is 3.05. The molecule has 2 unspecified atom stereocenters. The SMILES string of the molecule is CC(Cl)C(=O)NCc1cc(=O)c(O)cn1CNC(=O)C(C)Cl. The van der Waals surface area contributed by atoms with Gasteiger partial charge in [-0.25, -0.2) is 0 Å². The lowest BCUT2D eigenvalue weighted by atomic mass is 10.3. The van der Waals surface area contributed by atoms with Crippen molar-refractivity contribution in [1.82, 2.24) is 15.2 Å². The number of carbonyl (C=O) groups is 2. The zero-order chi connectivity index (χ0) is 16.9. The molecule has 0 aromatic carbocycles. The average Bonchev–Trinajstić information content (AvgIpc) is 2.45. The highest BCUT2D eigenvalue weighted by atomic mass is 35.5. The molecule has 1 aromatic heterocycles. The van der Waals surface area contributed by atoms with Gasteiger partial charge in [0, 0.05) is 11.8 Å². The Morgan fingerprint density at radius 2 is 1.77 bits per heavy atom. The van der Waals surface area contributed by atoms with Crippen molar-refractivity contribution >= 4 is 35.0 Å². The molecule has 7 nitrogen and oxygen atoms in total. The van der Waals surface area contributed by atoms with Gasteiger partial charge in [-0.3, -0.25) is 14.4 Å². The van der Waals surface area contributed by atoms with Crippen molar-refractivity contribution < 1.29 is 14.7 Å². The van der Waals surface area contributed by atoms with Crippen LogP contribution in [0.1, 0.15) is 19.5 Å². The van der Waals surface area contributed by atoms with Gasteiger partial charge >= 0.3 is 0 Å². The normalized spacial score (nSPS) is 13.3. The first kappa shape index (κ1) is 18.3. The molecule has 1 aromatic rings. The van der Waals surface area contributed by atoms with Crippen molar-refractivity contribution in [2.75, 3.05) is 0 Å². The third kappa shape index (κ3) is 5.23. The minimum Gasteiger partial charge on any atom is -0.503 e. The topological polar surface area (TPSA) is 100 Å². The Hall–Kier alpha value is -1.73. The van der Waals surface area contributed by atoms with Crippen molar-refractivity contribution in [3.8, 4) is 5.75 Å². The molecule has 0 radical (unpaired) electrons. The summed E-state index contributed by atoms with van der Waals surface area (Å²) in [5.74, 6) is -1.26. The summed E-state index contributed by atoms with van der Waals surface area (Å²) in [5.41, 5.74) is -0.188. The van der Waals surface area contributed by atoms with Gasteiger partial charge in [0.25, 0.3) is 0 Å². The van der Waals surface area contributed by atoms with Gasteiger partial charge in [-0.2, -0.15) is 0 Å². The van der Waals surface area contributed by atoms with Crippen LogP contribution in [0.3, 0.4) is 0 Å².